The first-order valence-corrected chi connectivity index (χ1v) is 24.3. The lowest BCUT2D eigenvalue weighted by Gasteiger charge is -2.44. The third kappa shape index (κ3) is 11.8. The molecule has 6 heterocycles. The Morgan fingerprint density at radius 3 is 2.00 bits per heavy atom. The van der Waals surface area contributed by atoms with Crippen LogP contribution in [0.1, 0.15) is 132 Å². The number of unbranched alkanes of at least 4 members (excludes halogenated alkanes) is 2. The molecule has 1 saturated heterocycles. The number of fused-ring (bicyclic) bond motifs is 8. The van der Waals surface area contributed by atoms with Crippen molar-refractivity contribution in [3.05, 3.63) is 75.9 Å². The van der Waals surface area contributed by atoms with Crippen LogP contribution < -0.4 is 0 Å². The van der Waals surface area contributed by atoms with E-state index in [2.05, 4.69) is 82.4 Å². The lowest BCUT2D eigenvalue weighted by molar-refractivity contribution is -0.237. The maximum Gasteiger partial charge on any atom is 0.303 e. The molecule has 0 aromatic carbocycles. The fourth-order valence-electron chi connectivity index (χ4n) is 9.03. The Kier molecular flexibility index (Phi) is 16.9. The number of hydrogen-bond acceptors (Lipinski definition) is 13. The summed E-state index contributed by atoms with van der Waals surface area (Å²) in [7, 11) is 1.82. The number of carbonyl (C=O) groups excluding carboxylic acids is 5. The van der Waals surface area contributed by atoms with Crippen LogP contribution in [-0.4, -0.2) is 110 Å². The van der Waals surface area contributed by atoms with Gasteiger partial charge in [0.15, 0.2) is 18.3 Å². The normalized spacial score (nSPS) is 19.1. The molecule has 8 bridgehead atoms. The third-order valence-corrected chi connectivity index (χ3v) is 13.9. The number of thioether (sulfide) groups is 1. The monoisotopic (exact) mass is 951 g/mol. The molecule has 68 heavy (non-hydrogen) atoms. The molecule has 3 aliphatic rings. The van der Waals surface area contributed by atoms with Crippen molar-refractivity contribution < 1.29 is 47.7 Å². The van der Waals surface area contributed by atoms with Crippen LogP contribution in [0.3, 0.4) is 0 Å². The molecule has 16 heteroatoms. The molecule has 5 atom stereocenters. The van der Waals surface area contributed by atoms with Crippen LogP contribution >= 0.6 is 11.8 Å². The van der Waals surface area contributed by atoms with Crippen molar-refractivity contribution in [1.82, 2.24) is 24.8 Å². The Hall–Kier alpha value is -6.00. The third-order valence-electron chi connectivity index (χ3n) is 12.7. The molecule has 0 saturated carbocycles. The molecule has 3 aromatic rings. The highest BCUT2D eigenvalue weighted by Gasteiger charge is 2.52. The first-order chi connectivity index (χ1) is 32.3. The first kappa shape index (κ1) is 51.4. The first-order valence-electron chi connectivity index (χ1n) is 23.2. The van der Waals surface area contributed by atoms with Crippen LogP contribution in [0.15, 0.2) is 30.8 Å². The molecule has 0 unspecified atom stereocenters. The number of amides is 1. The van der Waals surface area contributed by atoms with Crippen molar-refractivity contribution in [2.45, 2.75) is 138 Å². The second-order valence-corrected chi connectivity index (χ2v) is 18.8. The number of aryl methyl sites for hydroxylation is 3. The fraction of sp³-hybridized carbons (Fsp3) is 0.481. The van der Waals surface area contributed by atoms with Crippen LogP contribution in [0, 0.1) is 20.8 Å². The number of H-pyrrole nitrogens is 2. The topological polar surface area (TPSA) is 192 Å². The zero-order valence-corrected chi connectivity index (χ0v) is 42.0. The predicted molar refractivity (Wildman–Crippen MR) is 266 cm³/mol. The van der Waals surface area contributed by atoms with Gasteiger partial charge in [0, 0.05) is 75.3 Å². The van der Waals surface area contributed by atoms with Crippen LogP contribution in [0.2, 0.25) is 0 Å². The summed E-state index contributed by atoms with van der Waals surface area (Å²) >= 11 is 1.35. The molecule has 0 aliphatic carbocycles. The molecular weight excluding hydrogens is 887 g/mol. The smallest absolute Gasteiger partial charge is 0.303 e. The predicted octanol–water partition coefficient (Wildman–Crippen LogP) is 9.38. The van der Waals surface area contributed by atoms with Gasteiger partial charge in [-0.1, -0.05) is 26.0 Å². The summed E-state index contributed by atoms with van der Waals surface area (Å²) in [6, 6.07) is 8.50. The van der Waals surface area contributed by atoms with E-state index >= 15 is 0 Å². The number of nitrogens with zero attached hydrogens (tertiary/aromatic N) is 3. The average molecular weight is 952 g/mol. The lowest BCUT2D eigenvalue weighted by atomic mass is 9.98. The number of ether oxygens (including phenoxy) is 5. The summed E-state index contributed by atoms with van der Waals surface area (Å²) in [6.07, 6.45) is 1.28. The number of allylic oxidation sites excluding steroid dienone is 4. The fourth-order valence-corrected chi connectivity index (χ4v) is 10.3. The molecule has 1 amide bonds. The zero-order valence-electron chi connectivity index (χ0n) is 41.2. The molecule has 3 aromatic heterocycles. The number of rotatable bonds is 17. The van der Waals surface area contributed by atoms with Crippen LogP contribution in [-0.2, 0) is 47.7 Å². The maximum atomic E-state index is 13.8. The highest BCUT2D eigenvalue weighted by molar-refractivity contribution is 7.99. The van der Waals surface area contributed by atoms with Gasteiger partial charge in [-0.2, -0.15) is 0 Å². The SMILES string of the molecule is C=Cc1c(C)c2cc3nc(c(C)c4cc(C)c(cc5nc(cc1[nH]2)C(C)=C5CC)[nH]4)C(CCC(=O)N(C)CCCCCS[C@@H]1O[C@H](COC(C)=O)[C@@H](OC(C)=O)[C@H](OC(C)=O)[C@H]1OC(C)=O)=C3C. The van der Waals surface area contributed by atoms with Gasteiger partial charge in [-0.25, -0.2) is 9.97 Å². The van der Waals surface area contributed by atoms with E-state index in [-0.39, 0.29) is 12.5 Å². The Bertz CT molecular complexity index is 2710. The zero-order chi connectivity index (χ0) is 49.6. The van der Waals surface area contributed by atoms with Gasteiger partial charge in [0.25, 0.3) is 0 Å². The maximum absolute atomic E-state index is 13.8. The van der Waals surface area contributed by atoms with Crippen molar-refractivity contribution in [1.29, 1.82) is 0 Å². The molecule has 3 aliphatic heterocycles. The standard InChI is InChI=1S/C52H65N5O10S/c1-13-36-29(5)42-25-45-37(14-2)28(4)41(54-45)24-43-30(6)38(48(56-43)31(7)40-22-27(3)39(53-40)23-44(36)55-42)18-19-47(62)57(12)20-16-15-17-21-68-52-51(66-35(11)61)50(65-34(10)60)49(64-33(9)59)46(67-52)26-63-32(8)58/h14,22-25,46,49-54H,2,13,15-21,26H2,1,3-12H3/t46-,49-,50+,51-,52+/m1/s1. The molecule has 0 spiro atoms. The number of esters is 4. The van der Waals surface area contributed by atoms with Gasteiger partial charge in [-0.05, 0) is 129 Å². The van der Waals surface area contributed by atoms with Crippen molar-refractivity contribution in [3.63, 3.8) is 0 Å². The van der Waals surface area contributed by atoms with Gasteiger partial charge >= 0.3 is 23.9 Å². The van der Waals surface area contributed by atoms with E-state index in [1.807, 2.05) is 13.1 Å². The highest BCUT2D eigenvalue weighted by Crippen LogP contribution is 2.39. The molecule has 0 radical (unpaired) electrons. The van der Waals surface area contributed by atoms with E-state index < -0.39 is 53.7 Å². The second kappa shape index (κ2) is 22.4. The van der Waals surface area contributed by atoms with Crippen molar-refractivity contribution in [2.75, 3.05) is 26.0 Å². The lowest BCUT2D eigenvalue weighted by Crippen LogP contribution is -2.61. The molecule has 2 N–H and O–H groups in total. The van der Waals surface area contributed by atoms with Crippen molar-refractivity contribution in [2.24, 2.45) is 0 Å². The van der Waals surface area contributed by atoms with Gasteiger partial charge in [0.05, 0.1) is 22.8 Å². The minimum absolute atomic E-state index is 0.0250. The summed E-state index contributed by atoms with van der Waals surface area (Å²) < 4.78 is 28.1. The molecule has 15 nitrogen and oxygen atoms in total. The Labute approximate surface area is 402 Å². The van der Waals surface area contributed by atoms with E-state index in [9.17, 15) is 24.0 Å². The van der Waals surface area contributed by atoms with Crippen molar-refractivity contribution in [3.8, 4) is 0 Å². The van der Waals surface area contributed by atoms with E-state index in [0.717, 1.165) is 109 Å². The minimum atomic E-state index is -1.21. The van der Waals surface area contributed by atoms with E-state index in [4.69, 9.17) is 33.7 Å². The Morgan fingerprint density at radius 2 is 1.34 bits per heavy atom. The quantitative estimate of drug-likeness (QED) is 0.0740. The summed E-state index contributed by atoms with van der Waals surface area (Å²) in [6.45, 7) is 21.9. The van der Waals surface area contributed by atoms with E-state index in [1.165, 1.54) is 45.0 Å². The number of hydrogen-bond donors (Lipinski definition) is 2. The van der Waals surface area contributed by atoms with Gasteiger partial charge in [-0.15, -0.1) is 11.8 Å². The van der Waals surface area contributed by atoms with Gasteiger partial charge in [0.2, 0.25) is 5.91 Å². The molecular formula is C52H65N5O10S. The van der Waals surface area contributed by atoms with Crippen molar-refractivity contribution >= 4 is 92.0 Å². The number of aromatic amines is 2. The largest absolute Gasteiger partial charge is 0.463 e. The van der Waals surface area contributed by atoms with E-state index in [0.29, 0.717) is 25.1 Å². The van der Waals surface area contributed by atoms with Gasteiger partial charge in [0.1, 0.15) is 18.1 Å². The molecule has 6 rings (SSSR count). The Morgan fingerprint density at radius 1 is 0.735 bits per heavy atom. The summed E-state index contributed by atoms with van der Waals surface area (Å²) in [5.41, 5.74) is 15.1. The molecule has 364 valence electrons. The Balaban J connectivity index is 1.15. The summed E-state index contributed by atoms with van der Waals surface area (Å²) in [5.74, 6) is -1.99. The second-order valence-electron chi connectivity index (χ2n) is 17.6. The molecule has 1 fully saturated rings. The van der Waals surface area contributed by atoms with E-state index in [1.54, 1.807) is 4.90 Å². The van der Waals surface area contributed by atoms with Gasteiger partial charge in [-0.3, -0.25) is 24.0 Å². The minimum Gasteiger partial charge on any atom is -0.463 e. The van der Waals surface area contributed by atoms with Crippen LogP contribution in [0.4, 0.5) is 0 Å². The highest BCUT2D eigenvalue weighted by atomic mass is 32.2. The van der Waals surface area contributed by atoms with Crippen LogP contribution in [0.25, 0.3) is 50.4 Å². The number of carbonyl (C=O) groups is 5. The van der Waals surface area contributed by atoms with Crippen LogP contribution in [0.5, 0.6) is 0 Å². The summed E-state index contributed by atoms with van der Waals surface area (Å²) in [5, 5.41) is 0. The number of aromatic nitrogens is 4. The number of nitrogens with one attached hydrogen (secondary N) is 2. The van der Waals surface area contributed by atoms with Gasteiger partial charge < -0.3 is 38.6 Å². The average Bonchev–Trinajstić information content (AvgIpc) is 3.98. The summed E-state index contributed by atoms with van der Waals surface area (Å²) in [4.78, 5) is 81.4.